The van der Waals surface area contributed by atoms with Crippen molar-refractivity contribution < 1.29 is 4.79 Å². The SMILES string of the molecule is C/C(=N\NC(=O)c1ccccc1Cl)c1nc2ccccc2[nH]1. The van der Waals surface area contributed by atoms with Crippen LogP contribution >= 0.6 is 11.6 Å². The van der Waals surface area contributed by atoms with Crippen molar-refractivity contribution in [3.63, 3.8) is 0 Å². The number of aromatic nitrogens is 2. The average molecular weight is 313 g/mol. The van der Waals surface area contributed by atoms with E-state index in [0.717, 1.165) is 11.0 Å². The van der Waals surface area contributed by atoms with Gasteiger partial charge in [-0.1, -0.05) is 35.9 Å². The summed E-state index contributed by atoms with van der Waals surface area (Å²) in [5.74, 6) is 0.252. The molecule has 0 atom stereocenters. The van der Waals surface area contributed by atoms with Crippen LogP contribution in [0.1, 0.15) is 23.1 Å². The molecular weight excluding hydrogens is 300 g/mol. The molecule has 0 unspecified atom stereocenters. The van der Waals surface area contributed by atoms with Gasteiger partial charge in [-0.2, -0.15) is 5.10 Å². The van der Waals surface area contributed by atoms with E-state index in [0.29, 0.717) is 22.1 Å². The zero-order valence-corrected chi connectivity index (χ0v) is 12.6. The van der Waals surface area contributed by atoms with Crippen LogP contribution in [0.25, 0.3) is 11.0 Å². The highest BCUT2D eigenvalue weighted by Gasteiger charge is 2.10. The number of halogens is 1. The number of nitrogens with zero attached hydrogens (tertiary/aromatic N) is 2. The largest absolute Gasteiger partial charge is 0.337 e. The molecule has 0 saturated heterocycles. The van der Waals surface area contributed by atoms with Gasteiger partial charge in [0.2, 0.25) is 0 Å². The molecule has 0 radical (unpaired) electrons. The first-order valence-corrected chi connectivity index (χ1v) is 7.07. The Kier molecular flexibility index (Phi) is 3.89. The lowest BCUT2D eigenvalue weighted by Crippen LogP contribution is -2.20. The fourth-order valence-electron chi connectivity index (χ4n) is 2.02. The first-order chi connectivity index (χ1) is 10.6. The highest BCUT2D eigenvalue weighted by molar-refractivity contribution is 6.33. The number of rotatable bonds is 3. The van der Waals surface area contributed by atoms with E-state index < -0.39 is 0 Å². The van der Waals surface area contributed by atoms with E-state index in [1.165, 1.54) is 0 Å². The van der Waals surface area contributed by atoms with Gasteiger partial charge in [0.1, 0.15) is 5.71 Å². The number of fused-ring (bicyclic) bond motifs is 1. The van der Waals surface area contributed by atoms with Gasteiger partial charge < -0.3 is 4.98 Å². The number of para-hydroxylation sites is 2. The lowest BCUT2D eigenvalue weighted by atomic mass is 10.2. The average Bonchev–Trinajstić information content (AvgIpc) is 2.97. The standard InChI is InChI=1S/C16H13ClN4O/c1-10(15-18-13-8-4-5-9-14(13)19-15)20-21-16(22)11-6-2-3-7-12(11)17/h2-9H,1H3,(H,18,19)(H,21,22)/b20-10+. The minimum absolute atomic E-state index is 0.360. The van der Waals surface area contributed by atoms with Crippen LogP contribution in [-0.2, 0) is 0 Å². The van der Waals surface area contributed by atoms with Gasteiger partial charge in [-0.3, -0.25) is 4.79 Å². The Bertz CT molecular complexity index is 836. The molecule has 0 aliphatic rings. The number of nitrogens with one attached hydrogen (secondary N) is 2. The summed E-state index contributed by atoms with van der Waals surface area (Å²) in [6, 6.07) is 14.5. The summed E-state index contributed by atoms with van der Waals surface area (Å²) < 4.78 is 0. The van der Waals surface area contributed by atoms with Gasteiger partial charge in [-0.05, 0) is 31.2 Å². The fourth-order valence-corrected chi connectivity index (χ4v) is 2.24. The van der Waals surface area contributed by atoms with Crippen LogP contribution in [0.2, 0.25) is 5.02 Å². The molecule has 0 bridgehead atoms. The Morgan fingerprint density at radius 3 is 2.68 bits per heavy atom. The van der Waals surface area contributed by atoms with E-state index in [-0.39, 0.29) is 5.91 Å². The number of hydrazone groups is 1. The molecule has 3 rings (SSSR count). The molecule has 22 heavy (non-hydrogen) atoms. The lowest BCUT2D eigenvalue weighted by Gasteiger charge is -2.02. The molecule has 0 aliphatic carbocycles. The van der Waals surface area contributed by atoms with Gasteiger partial charge >= 0.3 is 0 Å². The normalized spacial score (nSPS) is 11.6. The zero-order valence-electron chi connectivity index (χ0n) is 11.8. The molecule has 0 spiro atoms. The summed E-state index contributed by atoms with van der Waals surface area (Å²) in [6.07, 6.45) is 0. The van der Waals surface area contributed by atoms with Gasteiger partial charge in [0, 0.05) is 0 Å². The van der Waals surface area contributed by atoms with E-state index >= 15 is 0 Å². The van der Waals surface area contributed by atoms with Gasteiger partial charge in [-0.15, -0.1) is 0 Å². The number of benzene rings is 2. The summed E-state index contributed by atoms with van der Waals surface area (Å²) in [5.41, 5.74) is 5.22. The molecule has 2 aromatic carbocycles. The van der Waals surface area contributed by atoms with Crippen molar-refractivity contribution in [3.05, 3.63) is 64.9 Å². The summed E-state index contributed by atoms with van der Waals surface area (Å²) in [7, 11) is 0. The quantitative estimate of drug-likeness (QED) is 0.575. The first kappa shape index (κ1) is 14.3. The van der Waals surface area contributed by atoms with E-state index in [4.69, 9.17) is 11.6 Å². The highest BCUT2D eigenvalue weighted by Crippen LogP contribution is 2.14. The summed E-state index contributed by atoms with van der Waals surface area (Å²) in [4.78, 5) is 19.6. The minimum atomic E-state index is -0.360. The number of hydrogen-bond donors (Lipinski definition) is 2. The first-order valence-electron chi connectivity index (χ1n) is 6.69. The van der Waals surface area contributed by atoms with Crippen LogP contribution in [0.3, 0.4) is 0 Å². The number of carbonyl (C=O) groups is 1. The van der Waals surface area contributed by atoms with Crippen LogP contribution in [0.5, 0.6) is 0 Å². The third-order valence-corrected chi connectivity index (χ3v) is 3.51. The number of carbonyl (C=O) groups excluding carboxylic acids is 1. The van der Waals surface area contributed by atoms with Crippen molar-refractivity contribution in [2.45, 2.75) is 6.92 Å². The molecule has 1 amide bonds. The maximum absolute atomic E-state index is 12.0. The zero-order chi connectivity index (χ0) is 15.5. The van der Waals surface area contributed by atoms with E-state index in [2.05, 4.69) is 20.5 Å². The molecule has 3 aromatic rings. The predicted octanol–water partition coefficient (Wildman–Crippen LogP) is 3.37. The Hall–Kier alpha value is -2.66. The van der Waals surface area contributed by atoms with Gasteiger partial charge in [0.15, 0.2) is 5.82 Å². The predicted molar refractivity (Wildman–Crippen MR) is 87.2 cm³/mol. The van der Waals surface area contributed by atoms with Crippen molar-refractivity contribution in [2.75, 3.05) is 0 Å². The van der Waals surface area contributed by atoms with Crippen LogP contribution in [0.15, 0.2) is 53.6 Å². The molecule has 2 N–H and O–H groups in total. The molecule has 110 valence electrons. The highest BCUT2D eigenvalue weighted by atomic mass is 35.5. The minimum Gasteiger partial charge on any atom is -0.337 e. The Labute approximate surface area is 132 Å². The Morgan fingerprint density at radius 2 is 1.91 bits per heavy atom. The third kappa shape index (κ3) is 2.84. The molecule has 0 saturated carbocycles. The lowest BCUT2D eigenvalue weighted by molar-refractivity contribution is 0.0955. The van der Waals surface area contributed by atoms with Crippen LogP contribution < -0.4 is 5.43 Å². The van der Waals surface area contributed by atoms with Crippen molar-refractivity contribution >= 4 is 34.3 Å². The molecule has 6 heteroatoms. The second kappa shape index (κ2) is 5.99. The fraction of sp³-hybridized carbons (Fsp3) is 0.0625. The molecular formula is C16H13ClN4O. The van der Waals surface area contributed by atoms with Crippen LogP contribution in [0, 0.1) is 0 Å². The molecule has 0 aliphatic heterocycles. The maximum Gasteiger partial charge on any atom is 0.272 e. The molecule has 5 nitrogen and oxygen atoms in total. The molecule has 1 heterocycles. The summed E-state index contributed by atoms with van der Waals surface area (Å²) in [5, 5.41) is 4.46. The second-order valence-electron chi connectivity index (χ2n) is 4.72. The van der Waals surface area contributed by atoms with E-state index in [9.17, 15) is 4.79 Å². The van der Waals surface area contributed by atoms with Crippen molar-refractivity contribution in [1.29, 1.82) is 0 Å². The topological polar surface area (TPSA) is 70.1 Å². The Morgan fingerprint density at radius 1 is 1.18 bits per heavy atom. The van der Waals surface area contributed by atoms with Gasteiger partial charge in [0.25, 0.3) is 5.91 Å². The number of aromatic amines is 1. The van der Waals surface area contributed by atoms with Crippen LogP contribution in [0.4, 0.5) is 0 Å². The van der Waals surface area contributed by atoms with E-state index in [1.54, 1.807) is 31.2 Å². The summed E-state index contributed by atoms with van der Waals surface area (Å²) in [6.45, 7) is 1.77. The van der Waals surface area contributed by atoms with E-state index in [1.807, 2.05) is 24.3 Å². The Balaban J connectivity index is 1.80. The number of hydrogen-bond acceptors (Lipinski definition) is 3. The smallest absolute Gasteiger partial charge is 0.272 e. The van der Waals surface area contributed by atoms with Crippen LogP contribution in [-0.4, -0.2) is 21.6 Å². The van der Waals surface area contributed by atoms with Gasteiger partial charge in [0.05, 0.1) is 21.6 Å². The van der Waals surface area contributed by atoms with Gasteiger partial charge in [-0.25, -0.2) is 10.4 Å². The second-order valence-corrected chi connectivity index (χ2v) is 5.13. The third-order valence-electron chi connectivity index (χ3n) is 3.18. The van der Waals surface area contributed by atoms with Crippen molar-refractivity contribution in [2.24, 2.45) is 5.10 Å². The van der Waals surface area contributed by atoms with Crippen molar-refractivity contribution in [1.82, 2.24) is 15.4 Å². The number of amides is 1. The summed E-state index contributed by atoms with van der Waals surface area (Å²) >= 11 is 5.98. The molecule has 1 aromatic heterocycles. The maximum atomic E-state index is 12.0. The van der Waals surface area contributed by atoms with Crippen molar-refractivity contribution in [3.8, 4) is 0 Å². The monoisotopic (exact) mass is 312 g/mol. The number of imidazole rings is 1. The number of H-pyrrole nitrogens is 1. The molecule has 0 fully saturated rings.